The summed E-state index contributed by atoms with van der Waals surface area (Å²) in [7, 11) is 1.54. The van der Waals surface area contributed by atoms with Gasteiger partial charge in [0, 0.05) is 29.5 Å². The normalized spacial score (nSPS) is 15.9. The van der Waals surface area contributed by atoms with Crippen LogP contribution in [0, 0.1) is 6.92 Å². The number of carbonyl (C=O) groups is 2. The molecule has 1 saturated heterocycles. The van der Waals surface area contributed by atoms with Crippen LogP contribution in [0.3, 0.4) is 0 Å². The van der Waals surface area contributed by atoms with Crippen LogP contribution in [-0.4, -0.2) is 41.9 Å². The average molecular weight is 455 g/mol. The number of ether oxygens (including phenoxy) is 1. The molecule has 0 radical (unpaired) electrons. The van der Waals surface area contributed by atoms with Crippen molar-refractivity contribution in [3.63, 3.8) is 0 Å². The number of benzene rings is 2. The van der Waals surface area contributed by atoms with Crippen molar-refractivity contribution < 1.29 is 14.3 Å². The Labute approximate surface area is 188 Å². The third kappa shape index (κ3) is 4.42. The quantitative estimate of drug-likeness (QED) is 0.558. The highest BCUT2D eigenvalue weighted by Gasteiger charge is 2.34. The van der Waals surface area contributed by atoms with Crippen LogP contribution in [0.4, 0.5) is 10.8 Å². The number of hydrogen-bond acceptors (Lipinski definition) is 7. The molecule has 0 spiro atoms. The lowest BCUT2D eigenvalue weighted by Crippen LogP contribution is -2.25. The van der Waals surface area contributed by atoms with E-state index in [4.69, 9.17) is 4.74 Å². The van der Waals surface area contributed by atoms with Gasteiger partial charge in [-0.3, -0.25) is 14.9 Å². The standard InChI is InChI=1S/C22H22N4O3S2/c1-13-6-4-5-7-17(13)26-12-14(10-19(26)27)21-24-25-22(31-21)23-20(28)16-9-8-15(30-3)11-18(16)29-2/h4-9,11,14H,10,12H2,1-3H3,(H,23,25,28)/t14-/m1/s1. The smallest absolute Gasteiger partial charge is 0.261 e. The van der Waals surface area contributed by atoms with Gasteiger partial charge in [-0.25, -0.2) is 0 Å². The highest BCUT2D eigenvalue weighted by atomic mass is 32.2. The fraction of sp³-hybridized carbons (Fsp3) is 0.273. The largest absolute Gasteiger partial charge is 0.496 e. The van der Waals surface area contributed by atoms with E-state index in [0.717, 1.165) is 21.2 Å². The summed E-state index contributed by atoms with van der Waals surface area (Å²) >= 11 is 2.88. The molecule has 1 aliphatic heterocycles. The summed E-state index contributed by atoms with van der Waals surface area (Å²) in [6, 6.07) is 13.3. The minimum absolute atomic E-state index is 0.0503. The van der Waals surface area contributed by atoms with E-state index in [2.05, 4.69) is 15.5 Å². The van der Waals surface area contributed by atoms with Gasteiger partial charge in [0.1, 0.15) is 10.8 Å². The molecule has 1 aromatic heterocycles. The number of hydrogen-bond donors (Lipinski definition) is 1. The maximum Gasteiger partial charge on any atom is 0.261 e. The van der Waals surface area contributed by atoms with E-state index in [1.807, 2.05) is 49.6 Å². The minimum atomic E-state index is -0.309. The van der Waals surface area contributed by atoms with Crippen LogP contribution in [0.5, 0.6) is 5.75 Å². The first-order valence-corrected chi connectivity index (χ1v) is 11.8. The van der Waals surface area contributed by atoms with E-state index in [-0.39, 0.29) is 17.7 Å². The van der Waals surface area contributed by atoms with E-state index >= 15 is 0 Å². The van der Waals surface area contributed by atoms with Crippen molar-refractivity contribution in [1.82, 2.24) is 10.2 Å². The van der Waals surface area contributed by atoms with E-state index in [1.165, 1.54) is 18.4 Å². The Hall–Kier alpha value is -2.91. The Balaban J connectivity index is 1.47. The van der Waals surface area contributed by atoms with Gasteiger partial charge in [0.2, 0.25) is 11.0 Å². The molecule has 31 heavy (non-hydrogen) atoms. The lowest BCUT2D eigenvalue weighted by atomic mass is 10.1. The van der Waals surface area contributed by atoms with E-state index in [9.17, 15) is 9.59 Å². The summed E-state index contributed by atoms with van der Waals surface area (Å²) in [5.41, 5.74) is 2.41. The van der Waals surface area contributed by atoms with E-state index in [1.54, 1.807) is 22.7 Å². The number of nitrogens with zero attached hydrogens (tertiary/aromatic N) is 3. The molecule has 2 heterocycles. The molecule has 160 valence electrons. The van der Waals surface area contributed by atoms with Gasteiger partial charge in [-0.05, 0) is 43.0 Å². The molecule has 0 aliphatic carbocycles. The van der Waals surface area contributed by atoms with Crippen LogP contribution >= 0.6 is 23.1 Å². The van der Waals surface area contributed by atoms with Gasteiger partial charge in [-0.1, -0.05) is 29.5 Å². The Bertz CT molecular complexity index is 1130. The van der Waals surface area contributed by atoms with Crippen LogP contribution in [0.25, 0.3) is 0 Å². The monoisotopic (exact) mass is 454 g/mol. The summed E-state index contributed by atoms with van der Waals surface area (Å²) in [5.74, 6) is 0.213. The Morgan fingerprint density at radius 2 is 2.06 bits per heavy atom. The molecule has 2 amide bonds. The van der Waals surface area contributed by atoms with E-state index < -0.39 is 0 Å². The van der Waals surface area contributed by atoms with E-state index in [0.29, 0.717) is 29.4 Å². The van der Waals surface area contributed by atoms with Gasteiger partial charge >= 0.3 is 0 Å². The van der Waals surface area contributed by atoms with Crippen molar-refractivity contribution >= 4 is 45.7 Å². The number of aromatic nitrogens is 2. The lowest BCUT2D eigenvalue weighted by molar-refractivity contribution is -0.117. The van der Waals surface area contributed by atoms with Crippen LogP contribution in [-0.2, 0) is 4.79 Å². The molecule has 3 aromatic rings. The Kier molecular flexibility index (Phi) is 6.24. The summed E-state index contributed by atoms with van der Waals surface area (Å²) in [6.07, 6.45) is 2.34. The molecule has 0 unspecified atom stereocenters. The van der Waals surface area contributed by atoms with Crippen LogP contribution < -0.4 is 15.0 Å². The summed E-state index contributed by atoms with van der Waals surface area (Å²) in [5, 5.41) is 12.3. The molecule has 4 rings (SSSR count). The predicted molar refractivity (Wildman–Crippen MR) is 124 cm³/mol. The Morgan fingerprint density at radius 1 is 1.26 bits per heavy atom. The molecule has 1 fully saturated rings. The molecular weight excluding hydrogens is 432 g/mol. The van der Waals surface area contributed by atoms with Crippen molar-refractivity contribution in [3.8, 4) is 5.75 Å². The van der Waals surface area contributed by atoms with Crippen molar-refractivity contribution in [2.24, 2.45) is 0 Å². The molecule has 2 aromatic carbocycles. The second-order valence-electron chi connectivity index (χ2n) is 7.16. The molecule has 0 saturated carbocycles. The maximum atomic E-state index is 12.7. The number of carbonyl (C=O) groups excluding carboxylic acids is 2. The van der Waals surface area contributed by atoms with Gasteiger partial charge in [0.05, 0.1) is 12.7 Å². The second kappa shape index (κ2) is 9.07. The zero-order valence-corrected chi connectivity index (χ0v) is 19.0. The third-order valence-corrected chi connectivity index (χ3v) is 6.92. The number of anilines is 2. The lowest BCUT2D eigenvalue weighted by Gasteiger charge is -2.18. The third-order valence-electron chi connectivity index (χ3n) is 5.19. The highest BCUT2D eigenvalue weighted by Crippen LogP contribution is 2.35. The first kappa shape index (κ1) is 21.3. The van der Waals surface area contributed by atoms with Crippen molar-refractivity contribution in [2.45, 2.75) is 24.2 Å². The van der Waals surface area contributed by atoms with Crippen molar-refractivity contribution in [3.05, 3.63) is 58.6 Å². The maximum absolute atomic E-state index is 12.7. The average Bonchev–Trinajstić information content (AvgIpc) is 3.40. The van der Waals surface area contributed by atoms with Gasteiger partial charge in [0.15, 0.2) is 0 Å². The fourth-order valence-electron chi connectivity index (χ4n) is 3.57. The van der Waals surface area contributed by atoms with Crippen LogP contribution in [0.2, 0.25) is 0 Å². The fourth-order valence-corrected chi connectivity index (χ4v) is 4.83. The number of nitrogens with one attached hydrogen (secondary N) is 1. The van der Waals surface area contributed by atoms with Gasteiger partial charge < -0.3 is 9.64 Å². The number of rotatable bonds is 6. The number of methoxy groups -OCH3 is 1. The molecule has 1 N–H and O–H groups in total. The predicted octanol–water partition coefficient (Wildman–Crippen LogP) is 4.35. The first-order valence-electron chi connectivity index (χ1n) is 9.73. The number of amides is 2. The van der Waals surface area contributed by atoms with Crippen molar-refractivity contribution in [1.29, 1.82) is 0 Å². The molecule has 7 nitrogen and oxygen atoms in total. The van der Waals surface area contributed by atoms with Crippen molar-refractivity contribution in [2.75, 3.05) is 30.1 Å². The molecular formula is C22H22N4O3S2. The Morgan fingerprint density at radius 3 is 2.81 bits per heavy atom. The van der Waals surface area contributed by atoms with Gasteiger partial charge in [-0.15, -0.1) is 22.0 Å². The van der Waals surface area contributed by atoms with Gasteiger partial charge in [0.25, 0.3) is 5.91 Å². The summed E-state index contributed by atoms with van der Waals surface area (Å²) in [4.78, 5) is 28.1. The number of para-hydroxylation sites is 1. The summed E-state index contributed by atoms with van der Waals surface area (Å²) in [6.45, 7) is 2.55. The number of thioether (sulfide) groups is 1. The van der Waals surface area contributed by atoms with Crippen LogP contribution in [0.15, 0.2) is 47.4 Å². The molecule has 9 heteroatoms. The molecule has 0 bridgehead atoms. The zero-order chi connectivity index (χ0) is 22.0. The molecule has 1 atom stereocenters. The minimum Gasteiger partial charge on any atom is -0.496 e. The number of aryl methyl sites for hydroxylation is 1. The first-order chi connectivity index (χ1) is 15.0. The van der Waals surface area contributed by atoms with Gasteiger partial charge in [-0.2, -0.15) is 0 Å². The SMILES string of the molecule is COc1cc(SC)ccc1C(=O)Nc1nnc([C@@H]2CC(=O)N(c3ccccc3C)C2)s1. The highest BCUT2D eigenvalue weighted by molar-refractivity contribution is 7.98. The zero-order valence-electron chi connectivity index (χ0n) is 17.4. The topological polar surface area (TPSA) is 84.4 Å². The second-order valence-corrected chi connectivity index (χ2v) is 9.05. The summed E-state index contributed by atoms with van der Waals surface area (Å²) < 4.78 is 5.36. The molecule has 1 aliphatic rings. The van der Waals surface area contributed by atoms with Crippen LogP contribution in [0.1, 0.15) is 33.3 Å².